The number of thiazole rings is 1. The number of nitrogens with zero attached hydrogens (tertiary/aromatic N) is 1. The van der Waals surface area contributed by atoms with E-state index in [2.05, 4.69) is 15.6 Å². The lowest BCUT2D eigenvalue weighted by Gasteiger charge is -2.10. The van der Waals surface area contributed by atoms with E-state index in [1.54, 1.807) is 0 Å². The van der Waals surface area contributed by atoms with Gasteiger partial charge in [-0.2, -0.15) is 0 Å². The number of hydrogen-bond acceptors (Lipinski definition) is 5. The van der Waals surface area contributed by atoms with Crippen LogP contribution in [0.5, 0.6) is 0 Å². The predicted octanol–water partition coefficient (Wildman–Crippen LogP) is 1.72. The third kappa shape index (κ3) is 5.50. The molecule has 0 aliphatic rings. The molecule has 0 saturated carbocycles. The van der Waals surface area contributed by atoms with Gasteiger partial charge in [-0.1, -0.05) is 13.8 Å². The number of nitrogens with one attached hydrogen (secondary N) is 2. The minimum atomic E-state index is -0.980. The topological polar surface area (TPSA) is 108 Å². The standard InChI is InChI=1S/C13H19N3O4S/c1-3-8(4-2)11(19)16-13-15-9(7-21-13)12(20)14-6-5-10(17)18/h7-8H,3-6H2,1-2H3,(H,14,20)(H,17,18)(H,15,16,19). The van der Waals surface area contributed by atoms with Crippen LogP contribution in [-0.2, 0) is 9.59 Å². The quantitative estimate of drug-likeness (QED) is 0.677. The zero-order valence-electron chi connectivity index (χ0n) is 12.0. The van der Waals surface area contributed by atoms with Crippen molar-refractivity contribution in [2.45, 2.75) is 33.1 Å². The number of carboxylic acids is 1. The van der Waals surface area contributed by atoms with E-state index in [1.807, 2.05) is 13.8 Å². The van der Waals surface area contributed by atoms with Crippen LogP contribution in [0.3, 0.4) is 0 Å². The number of rotatable bonds is 8. The minimum Gasteiger partial charge on any atom is -0.481 e. The average molecular weight is 313 g/mol. The molecule has 1 heterocycles. The zero-order chi connectivity index (χ0) is 15.8. The summed E-state index contributed by atoms with van der Waals surface area (Å²) in [7, 11) is 0. The summed E-state index contributed by atoms with van der Waals surface area (Å²) in [4.78, 5) is 38.0. The number of carbonyl (C=O) groups excluding carboxylic acids is 2. The molecule has 0 spiro atoms. The number of hydrogen-bond donors (Lipinski definition) is 3. The van der Waals surface area contributed by atoms with Crippen LogP contribution < -0.4 is 10.6 Å². The lowest BCUT2D eigenvalue weighted by atomic mass is 10.0. The summed E-state index contributed by atoms with van der Waals surface area (Å²) in [5, 5.41) is 15.5. The van der Waals surface area contributed by atoms with Gasteiger partial charge in [-0.3, -0.25) is 14.4 Å². The first-order valence-corrected chi connectivity index (χ1v) is 7.62. The lowest BCUT2D eigenvalue weighted by Crippen LogP contribution is -2.26. The summed E-state index contributed by atoms with van der Waals surface area (Å²) in [6.45, 7) is 3.93. The van der Waals surface area contributed by atoms with Crippen LogP contribution in [0.25, 0.3) is 0 Å². The molecular weight excluding hydrogens is 294 g/mol. The van der Waals surface area contributed by atoms with Crippen molar-refractivity contribution in [2.75, 3.05) is 11.9 Å². The molecule has 0 saturated heterocycles. The Bertz CT molecular complexity index is 511. The van der Waals surface area contributed by atoms with E-state index < -0.39 is 11.9 Å². The van der Waals surface area contributed by atoms with Gasteiger partial charge in [0.15, 0.2) is 5.13 Å². The molecule has 7 nitrogen and oxygen atoms in total. The maximum Gasteiger partial charge on any atom is 0.305 e. The number of anilines is 1. The number of aliphatic carboxylic acids is 1. The molecule has 0 radical (unpaired) electrons. The fourth-order valence-electron chi connectivity index (χ4n) is 1.68. The monoisotopic (exact) mass is 313 g/mol. The van der Waals surface area contributed by atoms with Crippen LogP contribution in [0.1, 0.15) is 43.6 Å². The molecule has 3 N–H and O–H groups in total. The molecular formula is C13H19N3O4S. The summed E-state index contributed by atoms with van der Waals surface area (Å²) >= 11 is 1.16. The van der Waals surface area contributed by atoms with E-state index in [0.717, 1.165) is 24.2 Å². The highest BCUT2D eigenvalue weighted by molar-refractivity contribution is 7.14. The first kappa shape index (κ1) is 17.1. The van der Waals surface area contributed by atoms with E-state index in [-0.39, 0.29) is 30.5 Å². The van der Waals surface area contributed by atoms with Crippen molar-refractivity contribution in [3.8, 4) is 0 Å². The maximum atomic E-state index is 11.9. The Morgan fingerprint density at radius 1 is 1.33 bits per heavy atom. The molecule has 0 atom stereocenters. The molecule has 0 fully saturated rings. The van der Waals surface area contributed by atoms with Crippen LogP contribution in [-0.4, -0.2) is 34.4 Å². The van der Waals surface area contributed by atoms with E-state index >= 15 is 0 Å². The highest BCUT2D eigenvalue weighted by atomic mass is 32.1. The van der Waals surface area contributed by atoms with Crippen molar-refractivity contribution in [3.05, 3.63) is 11.1 Å². The van der Waals surface area contributed by atoms with Gasteiger partial charge < -0.3 is 15.7 Å². The van der Waals surface area contributed by atoms with Gasteiger partial charge in [0.1, 0.15) is 5.69 Å². The molecule has 2 amide bonds. The van der Waals surface area contributed by atoms with E-state index in [1.165, 1.54) is 5.38 Å². The smallest absolute Gasteiger partial charge is 0.305 e. The molecule has 1 aromatic rings. The van der Waals surface area contributed by atoms with Gasteiger partial charge >= 0.3 is 5.97 Å². The SMILES string of the molecule is CCC(CC)C(=O)Nc1nc(C(=O)NCCC(=O)O)cs1. The van der Waals surface area contributed by atoms with Gasteiger partial charge in [0, 0.05) is 17.8 Å². The fraction of sp³-hybridized carbons (Fsp3) is 0.538. The summed E-state index contributed by atoms with van der Waals surface area (Å²) < 4.78 is 0. The van der Waals surface area contributed by atoms with Crippen LogP contribution in [0.15, 0.2) is 5.38 Å². The van der Waals surface area contributed by atoms with Crippen LogP contribution in [0.4, 0.5) is 5.13 Å². The second-order valence-electron chi connectivity index (χ2n) is 4.44. The second-order valence-corrected chi connectivity index (χ2v) is 5.30. The van der Waals surface area contributed by atoms with Crippen molar-refractivity contribution < 1.29 is 19.5 Å². The molecule has 21 heavy (non-hydrogen) atoms. The Kier molecular flexibility index (Phi) is 6.80. The highest BCUT2D eigenvalue weighted by Gasteiger charge is 2.17. The third-order valence-corrected chi connectivity index (χ3v) is 3.71. The normalized spacial score (nSPS) is 10.4. The molecule has 1 aromatic heterocycles. The minimum absolute atomic E-state index is 0.0428. The Morgan fingerprint density at radius 3 is 2.57 bits per heavy atom. The fourth-order valence-corrected chi connectivity index (χ4v) is 2.37. The lowest BCUT2D eigenvalue weighted by molar-refractivity contribution is -0.136. The Morgan fingerprint density at radius 2 is 2.00 bits per heavy atom. The number of amides is 2. The Hall–Kier alpha value is -1.96. The van der Waals surface area contributed by atoms with Crippen molar-refractivity contribution in [1.29, 1.82) is 0 Å². The summed E-state index contributed by atoms with van der Waals surface area (Å²) in [6.07, 6.45) is 1.35. The van der Waals surface area contributed by atoms with Gasteiger partial charge in [0.05, 0.1) is 6.42 Å². The van der Waals surface area contributed by atoms with Crippen molar-refractivity contribution >= 4 is 34.3 Å². The van der Waals surface area contributed by atoms with Gasteiger partial charge in [-0.25, -0.2) is 4.98 Å². The number of carboxylic acid groups (broad SMARTS) is 1. The van der Waals surface area contributed by atoms with Crippen molar-refractivity contribution in [3.63, 3.8) is 0 Å². The summed E-state index contributed by atoms with van der Waals surface area (Å²) in [5.74, 6) is -1.60. The van der Waals surface area contributed by atoms with E-state index in [9.17, 15) is 14.4 Å². The Balaban J connectivity index is 2.54. The highest BCUT2D eigenvalue weighted by Crippen LogP contribution is 2.18. The van der Waals surface area contributed by atoms with Crippen molar-refractivity contribution in [2.24, 2.45) is 5.92 Å². The number of carbonyl (C=O) groups is 3. The zero-order valence-corrected chi connectivity index (χ0v) is 12.8. The second kappa shape index (κ2) is 8.35. The first-order chi connectivity index (χ1) is 9.97. The van der Waals surface area contributed by atoms with Crippen LogP contribution in [0.2, 0.25) is 0 Å². The summed E-state index contributed by atoms with van der Waals surface area (Å²) in [6, 6.07) is 0. The van der Waals surface area contributed by atoms with Gasteiger partial charge in [-0.15, -0.1) is 11.3 Å². The molecule has 1 rings (SSSR count). The van der Waals surface area contributed by atoms with Gasteiger partial charge in [-0.05, 0) is 12.8 Å². The first-order valence-electron chi connectivity index (χ1n) is 6.74. The molecule has 0 aliphatic heterocycles. The predicted molar refractivity (Wildman–Crippen MR) is 79.4 cm³/mol. The van der Waals surface area contributed by atoms with E-state index in [0.29, 0.717) is 5.13 Å². The Labute approximate surface area is 126 Å². The van der Waals surface area contributed by atoms with Crippen LogP contribution in [0, 0.1) is 5.92 Å². The van der Waals surface area contributed by atoms with E-state index in [4.69, 9.17) is 5.11 Å². The van der Waals surface area contributed by atoms with Crippen molar-refractivity contribution in [1.82, 2.24) is 10.3 Å². The average Bonchev–Trinajstić information content (AvgIpc) is 2.88. The van der Waals surface area contributed by atoms with Gasteiger partial charge in [0.25, 0.3) is 5.91 Å². The maximum absolute atomic E-state index is 11.9. The molecule has 0 unspecified atom stereocenters. The third-order valence-electron chi connectivity index (χ3n) is 2.95. The molecule has 0 bridgehead atoms. The van der Waals surface area contributed by atoms with Gasteiger partial charge in [0.2, 0.25) is 5.91 Å². The van der Waals surface area contributed by atoms with Crippen LogP contribution >= 0.6 is 11.3 Å². The largest absolute Gasteiger partial charge is 0.481 e. The molecule has 116 valence electrons. The summed E-state index contributed by atoms with van der Waals surface area (Å²) in [5.41, 5.74) is 0.172. The number of aromatic nitrogens is 1. The molecule has 0 aliphatic carbocycles. The molecule has 0 aromatic carbocycles. The molecule has 8 heteroatoms.